The summed E-state index contributed by atoms with van der Waals surface area (Å²) in [5.74, 6) is 0.791. The molecule has 4 heterocycles. The maximum absolute atomic E-state index is 12.8. The summed E-state index contributed by atoms with van der Waals surface area (Å²) >= 11 is 1.65. The van der Waals surface area contributed by atoms with E-state index < -0.39 is 0 Å². The molecule has 2 aliphatic heterocycles. The van der Waals surface area contributed by atoms with E-state index in [1.54, 1.807) is 11.3 Å². The van der Waals surface area contributed by atoms with Crippen molar-refractivity contribution in [2.45, 2.75) is 44.4 Å². The molecule has 4 aromatic rings. The number of hydrogen-bond acceptors (Lipinski definition) is 5. The first-order valence-corrected chi connectivity index (χ1v) is 13.4. The van der Waals surface area contributed by atoms with Crippen LogP contribution in [-0.4, -0.2) is 52.9 Å². The molecule has 0 atom stereocenters. The van der Waals surface area contributed by atoms with Gasteiger partial charge in [0.25, 0.3) is 0 Å². The molecule has 0 radical (unpaired) electrons. The van der Waals surface area contributed by atoms with Gasteiger partial charge in [-0.1, -0.05) is 42.0 Å². The number of nitrogens with zero attached hydrogens (tertiary/aromatic N) is 3. The summed E-state index contributed by atoms with van der Waals surface area (Å²) < 4.78 is 8.58. The number of likely N-dealkylation sites (tertiary alicyclic amines) is 1. The molecular weight excluding hydrogens is 442 g/mol. The number of piperidine rings is 1. The van der Waals surface area contributed by atoms with Crippen LogP contribution in [0, 0.1) is 0 Å². The Kier molecular flexibility index (Phi) is 6.20. The first-order valence-electron chi connectivity index (χ1n) is 12.6. The molecule has 0 aliphatic carbocycles. The number of Topliss-reactive ketones (excluding diaryl/α,β-unsaturated/α-hetero) is 1. The molecule has 0 unspecified atom stereocenters. The second-order valence-corrected chi connectivity index (χ2v) is 10.7. The van der Waals surface area contributed by atoms with Gasteiger partial charge < -0.3 is 9.64 Å². The molecule has 2 aromatic heterocycles. The Bertz CT molecular complexity index is 1300. The third-order valence-corrected chi connectivity index (χ3v) is 8.33. The van der Waals surface area contributed by atoms with Crippen LogP contribution in [0.3, 0.4) is 0 Å². The Morgan fingerprint density at radius 2 is 1.85 bits per heavy atom. The monoisotopic (exact) mass is 473 g/mol. The summed E-state index contributed by atoms with van der Waals surface area (Å²) in [6.07, 6.45) is 8.85. The molecule has 2 aliphatic rings. The van der Waals surface area contributed by atoms with Crippen LogP contribution in [0.4, 0.5) is 0 Å². The van der Waals surface area contributed by atoms with Crippen molar-refractivity contribution >= 4 is 32.3 Å². The van der Waals surface area contributed by atoms with Crippen molar-refractivity contribution in [2.24, 2.45) is 0 Å². The largest absolute Gasteiger partial charge is 0.380 e. The van der Waals surface area contributed by atoms with Crippen molar-refractivity contribution < 1.29 is 9.53 Å². The predicted octanol–water partition coefficient (Wildman–Crippen LogP) is 6.17. The molecule has 0 N–H and O–H groups in total. The van der Waals surface area contributed by atoms with E-state index in [4.69, 9.17) is 9.72 Å². The highest BCUT2D eigenvalue weighted by atomic mass is 32.1. The minimum atomic E-state index is 0.254. The first kappa shape index (κ1) is 22.0. The lowest BCUT2D eigenvalue weighted by molar-refractivity contribution is 0.00843. The number of rotatable bonds is 8. The lowest BCUT2D eigenvalue weighted by atomic mass is 9.96. The number of aromatic nitrogens is 2. The predicted molar refractivity (Wildman–Crippen MR) is 138 cm³/mol. The molecule has 2 fully saturated rings. The molecule has 5 nitrogen and oxygen atoms in total. The molecule has 6 rings (SSSR count). The van der Waals surface area contributed by atoms with Gasteiger partial charge in [-0.05, 0) is 69.1 Å². The van der Waals surface area contributed by atoms with Crippen LogP contribution in [-0.2, 0) is 4.74 Å². The lowest BCUT2D eigenvalue weighted by Crippen LogP contribution is -2.30. The Hall–Kier alpha value is -2.54. The number of hydrogen-bond donors (Lipinski definition) is 0. The van der Waals surface area contributed by atoms with Gasteiger partial charge in [0, 0.05) is 29.7 Å². The number of unbranched alkanes of at least 4 members (excludes halogenated alkanes) is 1. The minimum Gasteiger partial charge on any atom is -0.380 e. The number of benzene rings is 2. The van der Waals surface area contributed by atoms with E-state index in [2.05, 4.69) is 51.9 Å². The van der Waals surface area contributed by atoms with Crippen LogP contribution in [0.25, 0.3) is 26.4 Å². The highest BCUT2D eigenvalue weighted by Crippen LogP contribution is 2.32. The summed E-state index contributed by atoms with van der Waals surface area (Å²) in [5, 5.41) is 0. The highest BCUT2D eigenvalue weighted by Gasteiger charge is 2.20. The number of ether oxygens (including phenoxy) is 1. The fourth-order valence-electron chi connectivity index (χ4n) is 5.12. The van der Waals surface area contributed by atoms with Crippen LogP contribution in [0.1, 0.15) is 60.4 Å². The van der Waals surface area contributed by atoms with Crippen molar-refractivity contribution in [3.8, 4) is 11.3 Å². The fraction of sp³-hybridized carbons (Fsp3) is 0.429. The smallest absolute Gasteiger partial charge is 0.195 e. The van der Waals surface area contributed by atoms with Crippen molar-refractivity contribution in [3.63, 3.8) is 0 Å². The second kappa shape index (κ2) is 9.61. The van der Waals surface area contributed by atoms with E-state index in [0.717, 1.165) is 64.6 Å². The third-order valence-electron chi connectivity index (χ3n) is 7.31. The first-order chi connectivity index (χ1) is 16.7. The Morgan fingerprint density at radius 3 is 2.62 bits per heavy atom. The van der Waals surface area contributed by atoms with E-state index >= 15 is 0 Å². The van der Waals surface area contributed by atoms with Gasteiger partial charge in [-0.15, -0.1) is 0 Å². The number of imidazole rings is 1. The topological polar surface area (TPSA) is 46.8 Å². The standard InChI is InChI=1S/C28H31N3O2S/c32-26(6-2-5-15-30-13-3-1-4-14-30)22-11-12-25-27(16-22)34-28-29-24(17-31(25)28)21-9-7-20(8-10-21)23-18-33-19-23/h7-12,16-17,23H,1-6,13-15,18-19H2. The fourth-order valence-corrected chi connectivity index (χ4v) is 6.16. The molecule has 6 heteroatoms. The maximum atomic E-state index is 12.8. The van der Waals surface area contributed by atoms with E-state index in [0.29, 0.717) is 12.3 Å². The molecule has 0 bridgehead atoms. The molecule has 0 spiro atoms. The SMILES string of the molecule is O=C(CCCCN1CCCCC1)c1ccc2c(c1)sc1nc(-c3ccc(C4COC4)cc3)cn12. The van der Waals surface area contributed by atoms with Crippen molar-refractivity contribution in [2.75, 3.05) is 32.8 Å². The minimum absolute atomic E-state index is 0.254. The molecule has 2 aromatic carbocycles. The molecular formula is C28H31N3O2S. The Morgan fingerprint density at radius 1 is 1.03 bits per heavy atom. The van der Waals surface area contributed by atoms with Crippen molar-refractivity contribution in [1.82, 2.24) is 14.3 Å². The normalized spacial score (nSPS) is 17.4. The van der Waals surface area contributed by atoms with Gasteiger partial charge in [0.1, 0.15) is 0 Å². The van der Waals surface area contributed by atoms with Crippen LogP contribution in [0.15, 0.2) is 48.7 Å². The summed E-state index contributed by atoms with van der Waals surface area (Å²) in [4.78, 5) is 21.2. The number of carbonyl (C=O) groups excluding carboxylic acids is 1. The van der Waals surface area contributed by atoms with Gasteiger partial charge in [-0.25, -0.2) is 4.98 Å². The summed E-state index contributed by atoms with van der Waals surface area (Å²) in [6.45, 7) is 5.25. The van der Waals surface area contributed by atoms with Gasteiger partial charge >= 0.3 is 0 Å². The third kappa shape index (κ3) is 4.42. The summed E-state index contributed by atoms with van der Waals surface area (Å²) in [5.41, 5.74) is 5.39. The van der Waals surface area contributed by atoms with Crippen LogP contribution in [0.5, 0.6) is 0 Å². The lowest BCUT2D eigenvalue weighted by Gasteiger charge is -2.26. The van der Waals surface area contributed by atoms with Gasteiger partial charge in [-0.3, -0.25) is 9.20 Å². The van der Waals surface area contributed by atoms with E-state index in [1.807, 2.05) is 6.07 Å². The number of fused-ring (bicyclic) bond motifs is 3. The van der Waals surface area contributed by atoms with Gasteiger partial charge in [-0.2, -0.15) is 0 Å². The Balaban J connectivity index is 1.12. The van der Waals surface area contributed by atoms with Crippen LogP contribution < -0.4 is 0 Å². The van der Waals surface area contributed by atoms with E-state index in [1.165, 1.54) is 37.9 Å². The van der Waals surface area contributed by atoms with Gasteiger partial charge in [0.05, 0.1) is 29.1 Å². The molecule has 0 saturated carbocycles. The van der Waals surface area contributed by atoms with Gasteiger partial charge in [0.2, 0.25) is 0 Å². The van der Waals surface area contributed by atoms with Crippen molar-refractivity contribution in [3.05, 3.63) is 59.8 Å². The van der Waals surface area contributed by atoms with Gasteiger partial charge in [0.15, 0.2) is 10.7 Å². The molecule has 176 valence electrons. The number of ketones is 1. The zero-order chi connectivity index (χ0) is 22.9. The second-order valence-electron chi connectivity index (χ2n) is 9.70. The summed E-state index contributed by atoms with van der Waals surface area (Å²) in [7, 11) is 0. The number of carbonyl (C=O) groups is 1. The maximum Gasteiger partial charge on any atom is 0.195 e. The van der Waals surface area contributed by atoms with Crippen LogP contribution in [0.2, 0.25) is 0 Å². The Labute approximate surface area is 204 Å². The van der Waals surface area contributed by atoms with E-state index in [-0.39, 0.29) is 5.78 Å². The zero-order valence-electron chi connectivity index (χ0n) is 19.5. The van der Waals surface area contributed by atoms with E-state index in [9.17, 15) is 4.79 Å². The highest BCUT2D eigenvalue weighted by molar-refractivity contribution is 7.23. The molecule has 34 heavy (non-hydrogen) atoms. The van der Waals surface area contributed by atoms with Crippen molar-refractivity contribution in [1.29, 1.82) is 0 Å². The zero-order valence-corrected chi connectivity index (χ0v) is 20.4. The average molecular weight is 474 g/mol. The molecule has 0 amide bonds. The van der Waals surface area contributed by atoms with Crippen LogP contribution >= 0.6 is 11.3 Å². The average Bonchev–Trinajstić information content (AvgIpc) is 3.39. The molecule has 2 saturated heterocycles. The quantitative estimate of drug-likeness (QED) is 0.227. The summed E-state index contributed by atoms with van der Waals surface area (Å²) in [6, 6.07) is 14.8. The number of thiazole rings is 1.